The van der Waals surface area contributed by atoms with Gasteiger partial charge in [0.15, 0.2) is 5.82 Å². The zero-order chi connectivity index (χ0) is 30.9. The number of rotatable bonds is 9. The van der Waals surface area contributed by atoms with Gasteiger partial charge in [-0.1, -0.05) is 47.7 Å². The summed E-state index contributed by atoms with van der Waals surface area (Å²) in [7, 11) is 1.57. The molecule has 2 amide bonds. The summed E-state index contributed by atoms with van der Waals surface area (Å²) in [6, 6.07) is 14.3. The molecule has 14 heteroatoms. The highest BCUT2D eigenvalue weighted by atomic mass is 35.5. The molecule has 0 spiro atoms. The highest BCUT2D eigenvalue weighted by molar-refractivity contribution is 8.22. The van der Waals surface area contributed by atoms with Crippen LogP contribution < -0.4 is 16.0 Å². The molecule has 2 aliphatic heterocycles. The van der Waals surface area contributed by atoms with Crippen LogP contribution in [0.4, 0.5) is 23.1 Å². The number of piperazine rings is 1. The molecule has 3 heterocycles. The molecule has 1 aromatic heterocycles. The van der Waals surface area contributed by atoms with Gasteiger partial charge in [-0.3, -0.25) is 14.5 Å². The second-order valence-corrected chi connectivity index (χ2v) is 12.3. The van der Waals surface area contributed by atoms with E-state index < -0.39 is 0 Å². The lowest BCUT2D eigenvalue weighted by molar-refractivity contribution is 0.0410. The van der Waals surface area contributed by atoms with Gasteiger partial charge in [0.25, 0.3) is 11.8 Å². The van der Waals surface area contributed by atoms with E-state index in [1.54, 1.807) is 49.1 Å². The van der Waals surface area contributed by atoms with Crippen molar-refractivity contribution in [3.8, 4) is 0 Å². The molecule has 232 valence electrons. The zero-order valence-corrected chi connectivity index (χ0v) is 26.8. The minimum Gasteiger partial charge on any atom is -0.379 e. The van der Waals surface area contributed by atoms with E-state index in [2.05, 4.69) is 35.7 Å². The van der Waals surface area contributed by atoms with Gasteiger partial charge < -0.3 is 30.5 Å². The summed E-state index contributed by atoms with van der Waals surface area (Å²) in [6.07, 6.45) is 1.48. The lowest BCUT2D eigenvalue weighted by Crippen LogP contribution is -2.49. The lowest BCUT2D eigenvalue weighted by Gasteiger charge is -2.36. The van der Waals surface area contributed by atoms with E-state index in [0.29, 0.717) is 52.4 Å². The molecular formula is C30H35ClN8O3S2. The van der Waals surface area contributed by atoms with Gasteiger partial charge in [-0.25, -0.2) is 4.98 Å². The fourth-order valence-electron chi connectivity index (χ4n) is 4.85. The molecule has 2 saturated heterocycles. The number of amides is 2. The first kappa shape index (κ1) is 31.9. The molecule has 0 aliphatic carbocycles. The van der Waals surface area contributed by atoms with E-state index in [0.717, 1.165) is 56.0 Å². The molecule has 0 unspecified atom stereocenters. The van der Waals surface area contributed by atoms with Crippen molar-refractivity contribution >= 4 is 74.9 Å². The predicted molar refractivity (Wildman–Crippen MR) is 180 cm³/mol. The van der Waals surface area contributed by atoms with Crippen molar-refractivity contribution in [2.75, 3.05) is 82.5 Å². The third-order valence-corrected chi connectivity index (χ3v) is 9.13. The van der Waals surface area contributed by atoms with E-state index in [-0.39, 0.29) is 11.8 Å². The maximum Gasteiger partial charge on any atom is 0.253 e. The predicted octanol–water partition coefficient (Wildman–Crippen LogP) is 4.08. The molecule has 2 fully saturated rings. The van der Waals surface area contributed by atoms with Crippen molar-refractivity contribution in [3.05, 3.63) is 70.9 Å². The van der Waals surface area contributed by atoms with Gasteiger partial charge in [0.2, 0.25) is 5.95 Å². The van der Waals surface area contributed by atoms with E-state index >= 15 is 0 Å². The minimum atomic E-state index is -0.231. The molecule has 3 aromatic rings. The number of halogens is 1. The largest absolute Gasteiger partial charge is 0.379 e. The molecule has 11 nitrogen and oxygen atoms in total. The fraction of sp³-hybridized carbons (Fsp3) is 0.367. The number of morpholine rings is 1. The fourth-order valence-corrected chi connectivity index (χ4v) is 6.31. The Morgan fingerprint density at radius 1 is 0.977 bits per heavy atom. The van der Waals surface area contributed by atoms with E-state index in [1.807, 2.05) is 23.1 Å². The average Bonchev–Trinajstić information content (AvgIpc) is 3.06. The number of hydrogen-bond acceptors (Lipinski definition) is 10. The first-order valence-electron chi connectivity index (χ1n) is 14.4. The Balaban J connectivity index is 1.12. The standard InChI is InChI=1S/C30H35ClN8O3S2/c1-32-27(40)23-4-2-3-5-25(23)35-26-24(31)20-33-29(36-26)34-22-8-6-21(7-9-22)28(41)38-10-12-39(13-11-38)30(43)44-19-16-37-14-17-42-18-15-37/h2-9,20H,10-19H2,1H3,(H,32,40)(H2,33,34,35,36). The number of thiocarbonyl (C=S) groups is 1. The Labute approximate surface area is 271 Å². The van der Waals surface area contributed by atoms with Gasteiger partial charge in [0.05, 0.1) is 30.7 Å². The van der Waals surface area contributed by atoms with E-state index in [9.17, 15) is 9.59 Å². The van der Waals surface area contributed by atoms with Crippen LogP contribution in [0.25, 0.3) is 0 Å². The molecule has 5 rings (SSSR count). The van der Waals surface area contributed by atoms with Crippen LogP contribution >= 0.6 is 35.6 Å². The minimum absolute atomic E-state index is 0.00824. The first-order valence-corrected chi connectivity index (χ1v) is 16.2. The SMILES string of the molecule is CNC(=O)c1ccccc1Nc1nc(Nc2ccc(C(=O)N3CCN(C(=S)SCCN4CCOCC4)CC3)cc2)ncc1Cl. The quantitative estimate of drug-likeness (QED) is 0.290. The Bertz CT molecular complexity index is 1460. The van der Waals surface area contributed by atoms with Gasteiger partial charge in [0.1, 0.15) is 9.34 Å². The molecule has 0 saturated carbocycles. The van der Waals surface area contributed by atoms with Gasteiger partial charge in [-0.15, -0.1) is 0 Å². The van der Waals surface area contributed by atoms with Crippen molar-refractivity contribution in [2.24, 2.45) is 0 Å². The van der Waals surface area contributed by atoms with Crippen molar-refractivity contribution in [1.82, 2.24) is 30.0 Å². The molecule has 0 atom stereocenters. The number of carbonyl (C=O) groups is 2. The number of thioether (sulfide) groups is 1. The topological polar surface area (TPSA) is 115 Å². The van der Waals surface area contributed by atoms with Gasteiger partial charge in [-0.2, -0.15) is 4.98 Å². The summed E-state index contributed by atoms with van der Waals surface area (Å²) in [5, 5.41) is 9.20. The lowest BCUT2D eigenvalue weighted by atomic mass is 10.1. The van der Waals surface area contributed by atoms with Crippen LogP contribution in [-0.2, 0) is 4.74 Å². The third kappa shape index (κ3) is 8.36. The smallest absolute Gasteiger partial charge is 0.253 e. The summed E-state index contributed by atoms with van der Waals surface area (Å²) in [5.74, 6) is 1.38. The molecule has 3 N–H and O–H groups in total. The number of nitrogens with one attached hydrogen (secondary N) is 3. The van der Waals surface area contributed by atoms with E-state index in [4.69, 9.17) is 28.6 Å². The van der Waals surface area contributed by atoms with Crippen LogP contribution in [0, 0.1) is 0 Å². The zero-order valence-electron chi connectivity index (χ0n) is 24.4. The number of benzene rings is 2. The summed E-state index contributed by atoms with van der Waals surface area (Å²) in [6.45, 7) is 7.29. The molecule has 44 heavy (non-hydrogen) atoms. The monoisotopic (exact) mass is 654 g/mol. The Morgan fingerprint density at radius 2 is 1.68 bits per heavy atom. The van der Waals surface area contributed by atoms with Crippen molar-refractivity contribution in [2.45, 2.75) is 0 Å². The number of ether oxygens (including phenoxy) is 1. The summed E-state index contributed by atoms with van der Waals surface area (Å²) < 4.78 is 6.31. The highest BCUT2D eigenvalue weighted by Gasteiger charge is 2.24. The second-order valence-electron chi connectivity index (χ2n) is 10.2. The van der Waals surface area contributed by atoms with Crippen molar-refractivity contribution < 1.29 is 14.3 Å². The number of nitrogens with zero attached hydrogens (tertiary/aromatic N) is 5. The van der Waals surface area contributed by atoms with Crippen molar-refractivity contribution in [3.63, 3.8) is 0 Å². The van der Waals surface area contributed by atoms with Crippen LogP contribution in [0.3, 0.4) is 0 Å². The van der Waals surface area contributed by atoms with Gasteiger partial charge in [-0.05, 0) is 36.4 Å². The Kier molecular flexibility index (Phi) is 11.2. The molecule has 2 aliphatic rings. The average molecular weight is 655 g/mol. The summed E-state index contributed by atoms with van der Waals surface area (Å²) >= 11 is 13.7. The molecular weight excluding hydrogens is 620 g/mol. The first-order chi connectivity index (χ1) is 21.4. The van der Waals surface area contributed by atoms with Crippen LogP contribution in [0.1, 0.15) is 20.7 Å². The van der Waals surface area contributed by atoms with Crippen LogP contribution in [0.15, 0.2) is 54.7 Å². The third-order valence-electron chi connectivity index (χ3n) is 7.35. The molecule has 0 radical (unpaired) electrons. The maximum atomic E-state index is 13.2. The number of anilines is 4. The second kappa shape index (κ2) is 15.5. The van der Waals surface area contributed by atoms with Crippen LogP contribution in [-0.4, -0.2) is 113 Å². The highest BCUT2D eigenvalue weighted by Crippen LogP contribution is 2.27. The number of carbonyl (C=O) groups excluding carboxylic acids is 2. The van der Waals surface area contributed by atoms with Crippen LogP contribution in [0.2, 0.25) is 5.02 Å². The molecule has 0 bridgehead atoms. The summed E-state index contributed by atoms with van der Waals surface area (Å²) in [5.41, 5.74) is 2.34. The van der Waals surface area contributed by atoms with Gasteiger partial charge in [0, 0.05) is 69.9 Å². The Morgan fingerprint density at radius 3 is 2.41 bits per heavy atom. The Hall–Kier alpha value is -3.49. The normalized spacial score (nSPS) is 15.5. The maximum absolute atomic E-state index is 13.2. The molecule has 2 aromatic carbocycles. The van der Waals surface area contributed by atoms with E-state index in [1.165, 1.54) is 6.20 Å². The number of para-hydroxylation sites is 1. The van der Waals surface area contributed by atoms with Crippen molar-refractivity contribution in [1.29, 1.82) is 0 Å². The summed E-state index contributed by atoms with van der Waals surface area (Å²) in [4.78, 5) is 40.7. The number of aromatic nitrogens is 2. The van der Waals surface area contributed by atoms with Gasteiger partial charge >= 0.3 is 0 Å². The number of hydrogen-bond donors (Lipinski definition) is 3. The van der Waals surface area contributed by atoms with Crippen LogP contribution in [0.5, 0.6) is 0 Å².